The van der Waals surface area contributed by atoms with E-state index in [2.05, 4.69) is 15.0 Å². The highest BCUT2D eigenvalue weighted by atomic mass is 35.5. The minimum atomic E-state index is -0.0210. The Kier molecular flexibility index (Phi) is 5.03. The van der Waals surface area contributed by atoms with E-state index in [0.717, 1.165) is 10.6 Å². The molecular formula is C13H14ClN3O2S. The van der Waals surface area contributed by atoms with Crippen LogP contribution in [0.3, 0.4) is 0 Å². The lowest BCUT2D eigenvalue weighted by molar-refractivity contribution is 0.219. The van der Waals surface area contributed by atoms with Gasteiger partial charge in [0.15, 0.2) is 5.16 Å². The smallest absolute Gasteiger partial charge is 0.322 e. The van der Waals surface area contributed by atoms with Crippen molar-refractivity contribution in [3.63, 3.8) is 0 Å². The molecule has 0 spiro atoms. The van der Waals surface area contributed by atoms with Crippen molar-refractivity contribution < 1.29 is 9.47 Å². The van der Waals surface area contributed by atoms with E-state index in [9.17, 15) is 0 Å². The maximum absolute atomic E-state index is 5.87. The minimum absolute atomic E-state index is 0.0210. The van der Waals surface area contributed by atoms with E-state index in [-0.39, 0.29) is 17.4 Å². The molecule has 0 atom stereocenters. The van der Waals surface area contributed by atoms with Crippen molar-refractivity contribution in [2.45, 2.75) is 30.0 Å². The van der Waals surface area contributed by atoms with Gasteiger partial charge in [0.2, 0.25) is 5.28 Å². The lowest BCUT2D eigenvalue weighted by Crippen LogP contribution is -2.09. The van der Waals surface area contributed by atoms with Crippen LogP contribution in [0, 0.1) is 0 Å². The monoisotopic (exact) mass is 311 g/mol. The zero-order valence-electron chi connectivity index (χ0n) is 11.3. The van der Waals surface area contributed by atoms with E-state index in [1.807, 2.05) is 38.1 Å². The van der Waals surface area contributed by atoms with Crippen molar-refractivity contribution in [1.82, 2.24) is 15.0 Å². The van der Waals surface area contributed by atoms with Gasteiger partial charge >= 0.3 is 6.01 Å². The SMILES string of the molecule is COc1ccc(Sc2nc(Cl)nc(OC(C)C)n2)cc1. The molecule has 0 unspecified atom stereocenters. The zero-order valence-corrected chi connectivity index (χ0v) is 12.9. The van der Waals surface area contributed by atoms with Crippen LogP contribution in [0.25, 0.3) is 0 Å². The first-order valence-electron chi connectivity index (χ1n) is 5.97. The molecule has 0 bridgehead atoms. The van der Waals surface area contributed by atoms with Crippen LogP contribution < -0.4 is 9.47 Å². The average molecular weight is 312 g/mol. The number of ether oxygens (including phenoxy) is 2. The van der Waals surface area contributed by atoms with E-state index >= 15 is 0 Å². The van der Waals surface area contributed by atoms with Crippen molar-refractivity contribution in [2.24, 2.45) is 0 Å². The van der Waals surface area contributed by atoms with Crippen molar-refractivity contribution in [3.05, 3.63) is 29.5 Å². The standard InChI is InChI=1S/C13H14ClN3O2S/c1-8(2)19-12-15-11(14)16-13(17-12)20-10-6-4-9(18-3)5-7-10/h4-8H,1-3H3. The van der Waals surface area contributed by atoms with Crippen LogP contribution >= 0.6 is 23.4 Å². The molecule has 1 aromatic carbocycles. The Labute approximate surface area is 126 Å². The fourth-order valence-corrected chi connectivity index (χ4v) is 2.31. The van der Waals surface area contributed by atoms with E-state index in [1.54, 1.807) is 7.11 Å². The molecule has 2 aromatic rings. The second kappa shape index (κ2) is 6.76. The summed E-state index contributed by atoms with van der Waals surface area (Å²) >= 11 is 7.25. The Balaban J connectivity index is 2.17. The first-order chi connectivity index (χ1) is 9.56. The number of nitrogens with zero attached hydrogens (tertiary/aromatic N) is 3. The summed E-state index contributed by atoms with van der Waals surface area (Å²) in [5.74, 6) is 0.798. The molecule has 0 saturated carbocycles. The van der Waals surface area contributed by atoms with Gasteiger partial charge in [-0.2, -0.15) is 15.0 Å². The normalized spacial score (nSPS) is 10.7. The molecule has 2 rings (SSSR count). The van der Waals surface area contributed by atoms with Crippen molar-refractivity contribution in [3.8, 4) is 11.8 Å². The summed E-state index contributed by atoms with van der Waals surface area (Å²) in [5.41, 5.74) is 0. The summed E-state index contributed by atoms with van der Waals surface area (Å²) in [7, 11) is 1.63. The number of hydrogen-bond donors (Lipinski definition) is 0. The number of methoxy groups -OCH3 is 1. The highest BCUT2D eigenvalue weighted by Crippen LogP contribution is 2.27. The Morgan fingerprint density at radius 1 is 1.10 bits per heavy atom. The third-order valence-electron chi connectivity index (χ3n) is 2.18. The Morgan fingerprint density at radius 3 is 2.40 bits per heavy atom. The molecular weight excluding hydrogens is 298 g/mol. The molecule has 106 valence electrons. The zero-order chi connectivity index (χ0) is 14.5. The number of rotatable bonds is 5. The molecule has 0 saturated heterocycles. The van der Waals surface area contributed by atoms with Gasteiger partial charge in [-0.3, -0.25) is 0 Å². The highest BCUT2D eigenvalue weighted by Gasteiger charge is 2.09. The van der Waals surface area contributed by atoms with Crippen molar-refractivity contribution in [1.29, 1.82) is 0 Å². The highest BCUT2D eigenvalue weighted by molar-refractivity contribution is 7.99. The van der Waals surface area contributed by atoms with Crippen LogP contribution in [0.15, 0.2) is 34.3 Å². The van der Waals surface area contributed by atoms with Gasteiger partial charge in [0.05, 0.1) is 13.2 Å². The molecule has 7 heteroatoms. The molecule has 0 N–H and O–H groups in total. The number of hydrogen-bond acceptors (Lipinski definition) is 6. The van der Waals surface area contributed by atoms with Crippen LogP contribution in [0.5, 0.6) is 11.8 Å². The number of aromatic nitrogens is 3. The second-order valence-electron chi connectivity index (χ2n) is 4.11. The van der Waals surface area contributed by atoms with Gasteiger partial charge < -0.3 is 9.47 Å². The third-order valence-corrected chi connectivity index (χ3v) is 3.22. The number of benzene rings is 1. The molecule has 1 aromatic heterocycles. The van der Waals surface area contributed by atoms with Crippen LogP contribution in [-0.2, 0) is 0 Å². The van der Waals surface area contributed by atoms with Crippen LogP contribution in [0.1, 0.15) is 13.8 Å². The fraction of sp³-hybridized carbons (Fsp3) is 0.308. The van der Waals surface area contributed by atoms with Gasteiger partial charge in [-0.15, -0.1) is 0 Å². The molecule has 0 aliphatic heterocycles. The maximum atomic E-state index is 5.87. The van der Waals surface area contributed by atoms with Gasteiger partial charge in [-0.1, -0.05) is 0 Å². The lowest BCUT2D eigenvalue weighted by Gasteiger charge is -2.08. The van der Waals surface area contributed by atoms with Gasteiger partial charge in [0, 0.05) is 4.90 Å². The maximum Gasteiger partial charge on any atom is 0.322 e. The molecule has 20 heavy (non-hydrogen) atoms. The topological polar surface area (TPSA) is 57.1 Å². The quantitative estimate of drug-likeness (QED) is 0.842. The average Bonchev–Trinajstić information content (AvgIpc) is 2.38. The predicted molar refractivity (Wildman–Crippen MR) is 77.7 cm³/mol. The molecule has 0 amide bonds. The van der Waals surface area contributed by atoms with Crippen molar-refractivity contribution in [2.75, 3.05) is 7.11 Å². The molecule has 0 radical (unpaired) electrons. The van der Waals surface area contributed by atoms with E-state index in [1.165, 1.54) is 11.8 Å². The lowest BCUT2D eigenvalue weighted by atomic mass is 10.3. The van der Waals surface area contributed by atoms with Gasteiger partial charge in [0.25, 0.3) is 0 Å². The Hall–Kier alpha value is -1.53. The second-order valence-corrected chi connectivity index (χ2v) is 5.49. The largest absolute Gasteiger partial charge is 0.497 e. The van der Waals surface area contributed by atoms with Gasteiger partial charge in [-0.05, 0) is 61.5 Å². The van der Waals surface area contributed by atoms with Crippen LogP contribution in [-0.4, -0.2) is 28.2 Å². The third kappa shape index (κ3) is 4.25. The van der Waals surface area contributed by atoms with Crippen LogP contribution in [0.2, 0.25) is 5.28 Å². The first-order valence-corrected chi connectivity index (χ1v) is 7.16. The van der Waals surface area contributed by atoms with Gasteiger partial charge in [0.1, 0.15) is 5.75 Å². The van der Waals surface area contributed by atoms with E-state index < -0.39 is 0 Å². The van der Waals surface area contributed by atoms with Crippen molar-refractivity contribution >= 4 is 23.4 Å². The van der Waals surface area contributed by atoms with Crippen LogP contribution in [0.4, 0.5) is 0 Å². The Bertz CT molecular complexity index is 578. The molecule has 0 fully saturated rings. The summed E-state index contributed by atoms with van der Waals surface area (Å²) < 4.78 is 10.5. The summed E-state index contributed by atoms with van der Waals surface area (Å²) in [6.07, 6.45) is -0.0210. The summed E-state index contributed by atoms with van der Waals surface area (Å²) in [4.78, 5) is 13.2. The first kappa shape index (κ1) is 14.9. The minimum Gasteiger partial charge on any atom is -0.497 e. The fourth-order valence-electron chi connectivity index (χ4n) is 1.37. The number of halogens is 1. The van der Waals surface area contributed by atoms with E-state index in [4.69, 9.17) is 21.1 Å². The Morgan fingerprint density at radius 2 is 1.80 bits per heavy atom. The summed E-state index contributed by atoms with van der Waals surface area (Å²) in [6, 6.07) is 7.82. The molecule has 0 aliphatic carbocycles. The van der Waals surface area contributed by atoms with Gasteiger partial charge in [-0.25, -0.2) is 0 Å². The molecule has 1 heterocycles. The molecule has 0 aliphatic rings. The summed E-state index contributed by atoms with van der Waals surface area (Å²) in [6.45, 7) is 3.79. The van der Waals surface area contributed by atoms with E-state index in [0.29, 0.717) is 5.16 Å². The predicted octanol–water partition coefficient (Wildman–Crippen LogP) is 3.47. The molecule has 5 nitrogen and oxygen atoms in total. The summed E-state index contributed by atoms with van der Waals surface area (Å²) in [5, 5.41) is 0.609.